The first-order valence-corrected chi connectivity index (χ1v) is 13.1. The van der Waals surface area contributed by atoms with Crippen molar-refractivity contribution in [3.8, 4) is 11.5 Å². The van der Waals surface area contributed by atoms with E-state index < -0.39 is 83.8 Å². The Hall–Kier alpha value is -4.50. The Labute approximate surface area is 247 Å². The van der Waals surface area contributed by atoms with Crippen LogP contribution in [-0.4, -0.2) is 65.9 Å². The fraction of sp³-hybridized carbons (Fsp3) is 0.345. The third kappa shape index (κ3) is 6.83. The van der Waals surface area contributed by atoms with E-state index in [0.717, 1.165) is 45.9 Å². The van der Waals surface area contributed by atoms with Crippen LogP contribution in [0.15, 0.2) is 59.5 Å². The SMILES string of the molecule is COc1cc(F)c([C@@H]2CN(c3cccn(CC(C)(CO)CO)c3=O)C(=O)C2NC(=O)c2ccc(OC(F)(F)F)cc2)c(F)c1. The van der Waals surface area contributed by atoms with E-state index in [2.05, 4.69) is 10.1 Å². The van der Waals surface area contributed by atoms with Crippen molar-refractivity contribution in [2.75, 3.05) is 31.8 Å². The zero-order valence-electron chi connectivity index (χ0n) is 23.4. The molecule has 0 saturated carbocycles. The van der Waals surface area contributed by atoms with E-state index in [1.54, 1.807) is 0 Å². The summed E-state index contributed by atoms with van der Waals surface area (Å²) in [6.07, 6.45) is -3.59. The second kappa shape index (κ2) is 12.6. The van der Waals surface area contributed by atoms with Crippen LogP contribution in [0, 0.1) is 17.0 Å². The summed E-state index contributed by atoms with van der Waals surface area (Å²) < 4.78 is 77.9. The number of benzene rings is 2. The van der Waals surface area contributed by atoms with Crippen LogP contribution in [0.1, 0.15) is 28.8 Å². The molecule has 2 aromatic carbocycles. The van der Waals surface area contributed by atoms with Gasteiger partial charge in [0.15, 0.2) is 0 Å². The highest BCUT2D eigenvalue weighted by molar-refractivity contribution is 6.05. The number of amides is 2. The van der Waals surface area contributed by atoms with Crippen molar-refractivity contribution in [2.24, 2.45) is 5.41 Å². The quantitative estimate of drug-likeness (QED) is 0.296. The lowest BCUT2D eigenvalue weighted by Gasteiger charge is -2.26. The third-order valence-electron chi connectivity index (χ3n) is 7.22. The van der Waals surface area contributed by atoms with Gasteiger partial charge in [-0.15, -0.1) is 13.2 Å². The summed E-state index contributed by atoms with van der Waals surface area (Å²) in [6.45, 7) is 0.0370. The minimum Gasteiger partial charge on any atom is -0.497 e. The average molecular weight is 626 g/mol. The van der Waals surface area contributed by atoms with Crippen molar-refractivity contribution in [3.63, 3.8) is 0 Å². The van der Waals surface area contributed by atoms with Crippen molar-refractivity contribution < 1.29 is 51.2 Å². The van der Waals surface area contributed by atoms with Gasteiger partial charge in [-0.2, -0.15) is 0 Å². The van der Waals surface area contributed by atoms with E-state index in [1.807, 2.05) is 0 Å². The van der Waals surface area contributed by atoms with E-state index in [0.29, 0.717) is 0 Å². The first kappa shape index (κ1) is 32.4. The van der Waals surface area contributed by atoms with E-state index >= 15 is 8.78 Å². The van der Waals surface area contributed by atoms with Gasteiger partial charge in [-0.25, -0.2) is 8.78 Å². The molecule has 2 atom stereocenters. The predicted molar refractivity (Wildman–Crippen MR) is 145 cm³/mol. The Morgan fingerprint density at radius 1 is 1.02 bits per heavy atom. The van der Waals surface area contributed by atoms with Crippen molar-refractivity contribution in [3.05, 3.63) is 87.8 Å². The van der Waals surface area contributed by atoms with Gasteiger partial charge < -0.3 is 34.5 Å². The lowest BCUT2D eigenvalue weighted by Crippen LogP contribution is -2.45. The summed E-state index contributed by atoms with van der Waals surface area (Å²) >= 11 is 0. The van der Waals surface area contributed by atoms with E-state index in [1.165, 1.54) is 32.4 Å². The molecule has 0 bridgehead atoms. The summed E-state index contributed by atoms with van der Waals surface area (Å²) in [4.78, 5) is 41.2. The van der Waals surface area contributed by atoms with Gasteiger partial charge in [0, 0.05) is 53.9 Å². The molecule has 1 aliphatic heterocycles. The fourth-order valence-corrected chi connectivity index (χ4v) is 4.85. The summed E-state index contributed by atoms with van der Waals surface area (Å²) in [5.74, 6) is -6.11. The van der Waals surface area contributed by atoms with Gasteiger partial charge in [-0.05, 0) is 36.4 Å². The molecule has 44 heavy (non-hydrogen) atoms. The topological polar surface area (TPSA) is 130 Å². The minimum atomic E-state index is -4.96. The number of methoxy groups -OCH3 is 1. The van der Waals surface area contributed by atoms with Gasteiger partial charge in [-0.1, -0.05) is 6.92 Å². The maximum absolute atomic E-state index is 15.2. The van der Waals surface area contributed by atoms with Crippen LogP contribution >= 0.6 is 0 Å². The largest absolute Gasteiger partial charge is 0.573 e. The van der Waals surface area contributed by atoms with E-state index in [4.69, 9.17) is 4.74 Å². The first-order valence-electron chi connectivity index (χ1n) is 13.1. The standard InChI is InChI=1S/C29H28F5N3O7/c1-28(14-38,15-39)13-36-9-3-4-22(26(36)41)37-12-19(23-20(30)10-18(43-2)11-21(23)31)24(27(37)42)35-25(40)16-5-7-17(8-6-16)44-29(32,33)34/h3-11,19,24,38-39H,12-15H2,1-2H3,(H,35,40)/t19-,24?/m0/s1. The number of hydrogen-bond donors (Lipinski definition) is 3. The zero-order valence-corrected chi connectivity index (χ0v) is 23.4. The molecule has 0 aliphatic carbocycles. The number of nitrogens with one attached hydrogen (secondary N) is 1. The minimum absolute atomic E-state index is 0.131. The first-order chi connectivity index (χ1) is 20.7. The number of carbonyl (C=O) groups is 2. The number of rotatable bonds is 10. The molecule has 0 radical (unpaired) electrons. The number of hydrogen-bond acceptors (Lipinski definition) is 7. The Kier molecular flexibility index (Phi) is 9.30. The van der Waals surface area contributed by atoms with Gasteiger partial charge in [-0.3, -0.25) is 14.4 Å². The second-order valence-electron chi connectivity index (χ2n) is 10.5. The van der Waals surface area contributed by atoms with Crippen LogP contribution in [0.25, 0.3) is 0 Å². The summed E-state index contributed by atoms with van der Waals surface area (Å²) in [5, 5.41) is 21.7. The third-order valence-corrected chi connectivity index (χ3v) is 7.22. The molecular formula is C29H28F5N3O7. The highest BCUT2D eigenvalue weighted by Crippen LogP contribution is 2.36. The Morgan fingerprint density at radius 3 is 2.18 bits per heavy atom. The highest BCUT2D eigenvalue weighted by Gasteiger charge is 2.46. The number of nitrogens with zero attached hydrogens (tertiary/aromatic N) is 2. The molecule has 236 valence electrons. The maximum Gasteiger partial charge on any atom is 0.573 e. The number of ether oxygens (including phenoxy) is 2. The maximum atomic E-state index is 15.2. The number of aliphatic hydroxyl groups is 2. The summed E-state index contributed by atoms with van der Waals surface area (Å²) in [5.41, 5.74) is -2.75. The van der Waals surface area contributed by atoms with Gasteiger partial charge >= 0.3 is 6.36 Å². The molecule has 2 heterocycles. The molecule has 3 N–H and O–H groups in total. The Morgan fingerprint density at radius 2 is 1.64 bits per heavy atom. The summed E-state index contributed by atoms with van der Waals surface area (Å²) in [6, 6.07) is 6.67. The molecule has 15 heteroatoms. The molecule has 3 aromatic rings. The number of alkyl halides is 3. The molecular weight excluding hydrogens is 597 g/mol. The second-order valence-corrected chi connectivity index (χ2v) is 10.5. The number of pyridine rings is 1. The zero-order chi connectivity index (χ0) is 32.4. The molecule has 1 unspecified atom stereocenters. The van der Waals surface area contributed by atoms with Crippen molar-refractivity contribution in [2.45, 2.75) is 31.8 Å². The molecule has 2 amide bonds. The van der Waals surface area contributed by atoms with E-state index in [9.17, 15) is 37.8 Å². The number of aliphatic hydroxyl groups excluding tert-OH is 2. The predicted octanol–water partition coefficient (Wildman–Crippen LogP) is 2.95. The van der Waals surface area contributed by atoms with Gasteiger partial charge in [0.05, 0.1) is 20.3 Å². The molecule has 1 fully saturated rings. The van der Waals surface area contributed by atoms with Crippen molar-refractivity contribution in [1.82, 2.24) is 9.88 Å². The fourth-order valence-electron chi connectivity index (χ4n) is 4.85. The van der Waals surface area contributed by atoms with Crippen LogP contribution in [-0.2, 0) is 11.3 Å². The molecule has 1 aliphatic rings. The normalized spacial score (nSPS) is 17.1. The molecule has 1 saturated heterocycles. The summed E-state index contributed by atoms with van der Waals surface area (Å²) in [7, 11) is 1.20. The number of halogens is 5. The molecule has 10 nitrogen and oxygen atoms in total. The van der Waals surface area contributed by atoms with Crippen LogP contribution < -0.4 is 25.2 Å². The lowest BCUT2D eigenvalue weighted by molar-refractivity contribution is -0.274. The van der Waals surface area contributed by atoms with Crippen molar-refractivity contribution >= 4 is 17.5 Å². The molecule has 1 aromatic heterocycles. The Bertz CT molecular complexity index is 1570. The Balaban J connectivity index is 1.72. The number of aromatic nitrogens is 1. The monoisotopic (exact) mass is 625 g/mol. The van der Waals surface area contributed by atoms with Crippen LogP contribution in [0.4, 0.5) is 27.6 Å². The van der Waals surface area contributed by atoms with Crippen LogP contribution in [0.3, 0.4) is 0 Å². The van der Waals surface area contributed by atoms with E-state index in [-0.39, 0.29) is 23.5 Å². The van der Waals surface area contributed by atoms with Gasteiger partial charge in [0.25, 0.3) is 11.5 Å². The van der Waals surface area contributed by atoms with Gasteiger partial charge in [0.2, 0.25) is 5.91 Å². The smallest absolute Gasteiger partial charge is 0.497 e. The lowest BCUT2D eigenvalue weighted by atomic mass is 9.92. The average Bonchev–Trinajstić information content (AvgIpc) is 3.27. The molecule has 0 spiro atoms. The highest BCUT2D eigenvalue weighted by atomic mass is 19.4. The number of anilines is 1. The molecule has 4 rings (SSSR count). The van der Waals surface area contributed by atoms with Crippen LogP contribution in [0.5, 0.6) is 11.5 Å². The van der Waals surface area contributed by atoms with Crippen molar-refractivity contribution in [1.29, 1.82) is 0 Å². The number of carbonyl (C=O) groups excluding carboxylic acids is 2. The van der Waals surface area contributed by atoms with Gasteiger partial charge in [0.1, 0.15) is 34.9 Å². The van der Waals surface area contributed by atoms with Crippen LogP contribution in [0.2, 0.25) is 0 Å².